The van der Waals surface area contributed by atoms with Crippen LogP contribution in [0.25, 0.3) is 10.9 Å². The fourth-order valence-corrected chi connectivity index (χ4v) is 5.59. The van der Waals surface area contributed by atoms with E-state index in [2.05, 4.69) is 15.0 Å². The number of hydrogen-bond acceptors (Lipinski definition) is 6. The molecule has 9 heteroatoms. The lowest BCUT2D eigenvalue weighted by Crippen LogP contribution is -2.48. The molecule has 3 heterocycles. The van der Waals surface area contributed by atoms with Gasteiger partial charge in [0.15, 0.2) is 5.76 Å². The second-order valence-electron chi connectivity index (χ2n) is 6.94. The molecule has 0 atom stereocenters. The Balaban J connectivity index is 1.49. The summed E-state index contributed by atoms with van der Waals surface area (Å²) in [7, 11) is -3.60. The quantitative estimate of drug-likeness (QED) is 0.645. The van der Waals surface area contributed by atoms with Gasteiger partial charge in [0.25, 0.3) is 0 Å². The van der Waals surface area contributed by atoms with E-state index in [0.717, 1.165) is 16.5 Å². The van der Waals surface area contributed by atoms with Gasteiger partial charge in [-0.1, -0.05) is 22.8 Å². The lowest BCUT2D eigenvalue weighted by molar-refractivity contribution is 0.182. The molecule has 0 radical (unpaired) electrons. The van der Waals surface area contributed by atoms with E-state index >= 15 is 0 Å². The summed E-state index contributed by atoms with van der Waals surface area (Å²) < 4.78 is 32.4. The van der Waals surface area contributed by atoms with Crippen LogP contribution in [0.1, 0.15) is 17.0 Å². The van der Waals surface area contributed by atoms with Crippen molar-refractivity contribution < 1.29 is 12.9 Å². The third-order valence-electron chi connectivity index (χ3n) is 5.09. The van der Waals surface area contributed by atoms with Gasteiger partial charge in [0.2, 0.25) is 10.0 Å². The minimum atomic E-state index is -3.60. The zero-order chi connectivity index (χ0) is 19.9. The molecule has 0 N–H and O–H groups in total. The third-order valence-corrected chi connectivity index (χ3v) is 7.56. The lowest BCUT2D eigenvalue weighted by Gasteiger charge is -2.34. The van der Waals surface area contributed by atoms with E-state index in [9.17, 15) is 8.42 Å². The van der Waals surface area contributed by atoms with Crippen molar-refractivity contribution in [2.75, 3.05) is 26.2 Å². The molecule has 3 aromatic rings. The standard InChI is InChI=1S/C19H21ClN4O3S/c1-13-19(14(2)27-22-13)28(25,26)24-10-8-23(9-11-24)12-15-5-6-17(20)16-4-3-7-21-18(15)16/h3-7H,8-12H2,1-2H3. The number of nitrogens with zero attached hydrogens (tertiary/aromatic N) is 4. The smallest absolute Gasteiger partial charge is 0.248 e. The Bertz CT molecular complexity index is 1100. The second-order valence-corrected chi connectivity index (χ2v) is 9.22. The topological polar surface area (TPSA) is 79.5 Å². The summed E-state index contributed by atoms with van der Waals surface area (Å²) in [5.41, 5.74) is 2.38. The molecule has 1 aromatic carbocycles. The number of sulfonamides is 1. The number of fused-ring (bicyclic) bond motifs is 1. The number of rotatable bonds is 4. The van der Waals surface area contributed by atoms with E-state index in [1.54, 1.807) is 20.0 Å². The normalized spacial score (nSPS) is 16.7. The van der Waals surface area contributed by atoms with Crippen LogP contribution in [0.5, 0.6) is 0 Å². The molecule has 1 saturated heterocycles. The first-order valence-electron chi connectivity index (χ1n) is 9.05. The van der Waals surface area contributed by atoms with E-state index in [0.29, 0.717) is 49.2 Å². The molecule has 1 aliphatic heterocycles. The number of piperazine rings is 1. The lowest BCUT2D eigenvalue weighted by atomic mass is 10.1. The van der Waals surface area contributed by atoms with Crippen LogP contribution in [0.3, 0.4) is 0 Å². The van der Waals surface area contributed by atoms with Crippen molar-refractivity contribution in [2.24, 2.45) is 0 Å². The summed E-state index contributed by atoms with van der Waals surface area (Å²) in [4.78, 5) is 6.90. The van der Waals surface area contributed by atoms with E-state index < -0.39 is 10.0 Å². The van der Waals surface area contributed by atoms with Crippen LogP contribution in [0, 0.1) is 13.8 Å². The minimum absolute atomic E-state index is 0.189. The van der Waals surface area contributed by atoms with E-state index in [1.807, 2.05) is 24.3 Å². The van der Waals surface area contributed by atoms with Crippen molar-refractivity contribution >= 4 is 32.5 Å². The molecule has 0 spiro atoms. The maximum atomic E-state index is 13.0. The van der Waals surface area contributed by atoms with Crippen LogP contribution >= 0.6 is 11.6 Å². The summed E-state index contributed by atoms with van der Waals surface area (Å²) in [5.74, 6) is 0.332. The van der Waals surface area contributed by atoms with E-state index in [4.69, 9.17) is 16.1 Å². The Hall–Kier alpha value is -2.00. The van der Waals surface area contributed by atoms with Crippen molar-refractivity contribution in [1.82, 2.24) is 19.3 Å². The summed E-state index contributed by atoms with van der Waals surface area (Å²) >= 11 is 6.28. The predicted octanol–water partition coefficient (Wildman–Crippen LogP) is 3.00. The third kappa shape index (κ3) is 3.41. The van der Waals surface area contributed by atoms with Gasteiger partial charge in [-0.05, 0) is 37.6 Å². The number of hydrogen-bond donors (Lipinski definition) is 0. The van der Waals surface area contributed by atoms with Crippen molar-refractivity contribution in [1.29, 1.82) is 0 Å². The van der Waals surface area contributed by atoms with E-state index in [1.165, 1.54) is 4.31 Å². The highest BCUT2D eigenvalue weighted by atomic mass is 35.5. The molecule has 2 aromatic heterocycles. The van der Waals surface area contributed by atoms with Gasteiger partial charge in [0.05, 0.1) is 5.52 Å². The number of halogens is 1. The molecule has 0 unspecified atom stereocenters. The van der Waals surface area contributed by atoms with Crippen LogP contribution in [0.2, 0.25) is 5.02 Å². The molecular formula is C19H21ClN4O3S. The summed E-state index contributed by atoms with van der Waals surface area (Å²) in [6.45, 7) is 6.10. The first-order chi connectivity index (χ1) is 13.4. The second kappa shape index (κ2) is 7.44. The van der Waals surface area contributed by atoms with Crippen molar-refractivity contribution in [3.8, 4) is 0 Å². The highest BCUT2D eigenvalue weighted by molar-refractivity contribution is 7.89. The monoisotopic (exact) mass is 420 g/mol. The highest BCUT2D eigenvalue weighted by Crippen LogP contribution is 2.27. The van der Waals surface area contributed by atoms with Gasteiger partial charge in [-0.2, -0.15) is 4.31 Å². The zero-order valence-electron chi connectivity index (χ0n) is 15.7. The summed E-state index contributed by atoms with van der Waals surface area (Å²) in [5, 5.41) is 5.39. The summed E-state index contributed by atoms with van der Waals surface area (Å²) in [6.07, 6.45) is 1.76. The Morgan fingerprint density at radius 2 is 1.89 bits per heavy atom. The van der Waals surface area contributed by atoms with Crippen LogP contribution in [-0.4, -0.2) is 53.9 Å². The minimum Gasteiger partial charge on any atom is -0.360 e. The molecule has 1 fully saturated rings. The van der Waals surface area contributed by atoms with Crippen LogP contribution < -0.4 is 0 Å². The Labute approximate surface area is 168 Å². The molecule has 28 heavy (non-hydrogen) atoms. The SMILES string of the molecule is Cc1noc(C)c1S(=O)(=O)N1CCN(Cc2ccc(Cl)c3cccnc23)CC1. The fraction of sp³-hybridized carbons (Fsp3) is 0.368. The van der Waals surface area contributed by atoms with E-state index in [-0.39, 0.29) is 4.90 Å². The molecule has 1 aliphatic rings. The first kappa shape index (κ1) is 19.3. The fourth-order valence-electron chi connectivity index (χ4n) is 3.66. The molecule has 0 aliphatic carbocycles. The van der Waals surface area contributed by atoms with Gasteiger partial charge in [0, 0.05) is 49.3 Å². The molecule has 0 saturated carbocycles. The van der Waals surface area contributed by atoms with Gasteiger partial charge in [-0.25, -0.2) is 8.42 Å². The van der Waals surface area contributed by atoms with Gasteiger partial charge >= 0.3 is 0 Å². The molecular weight excluding hydrogens is 400 g/mol. The van der Waals surface area contributed by atoms with Crippen molar-refractivity contribution in [3.63, 3.8) is 0 Å². The summed E-state index contributed by atoms with van der Waals surface area (Å²) in [6, 6.07) is 7.71. The Morgan fingerprint density at radius 1 is 1.14 bits per heavy atom. The average molecular weight is 421 g/mol. The molecule has 0 amide bonds. The van der Waals surface area contributed by atoms with Gasteiger partial charge in [-0.15, -0.1) is 0 Å². The first-order valence-corrected chi connectivity index (χ1v) is 10.9. The van der Waals surface area contributed by atoms with Crippen LogP contribution in [0.15, 0.2) is 39.9 Å². The molecule has 4 rings (SSSR count). The van der Waals surface area contributed by atoms with Gasteiger partial charge < -0.3 is 4.52 Å². The largest absolute Gasteiger partial charge is 0.360 e. The number of benzene rings is 1. The zero-order valence-corrected chi connectivity index (χ0v) is 17.3. The molecule has 0 bridgehead atoms. The number of aryl methyl sites for hydroxylation is 2. The van der Waals surface area contributed by atoms with Crippen molar-refractivity contribution in [2.45, 2.75) is 25.3 Å². The van der Waals surface area contributed by atoms with Gasteiger partial charge in [0.1, 0.15) is 10.6 Å². The van der Waals surface area contributed by atoms with Crippen LogP contribution in [0.4, 0.5) is 0 Å². The maximum absolute atomic E-state index is 13.0. The Morgan fingerprint density at radius 3 is 2.57 bits per heavy atom. The van der Waals surface area contributed by atoms with Gasteiger partial charge in [-0.3, -0.25) is 9.88 Å². The average Bonchev–Trinajstić information content (AvgIpc) is 3.04. The van der Waals surface area contributed by atoms with Crippen molar-refractivity contribution in [3.05, 3.63) is 52.5 Å². The van der Waals surface area contributed by atoms with Crippen LogP contribution in [-0.2, 0) is 16.6 Å². The predicted molar refractivity (Wildman–Crippen MR) is 107 cm³/mol. The maximum Gasteiger partial charge on any atom is 0.248 e. The number of pyridine rings is 1. The Kier molecular flexibility index (Phi) is 5.13. The number of aromatic nitrogens is 2. The molecule has 148 valence electrons. The molecule has 7 nitrogen and oxygen atoms in total. The highest BCUT2D eigenvalue weighted by Gasteiger charge is 2.33.